The number of ketones is 1. The van der Waals surface area contributed by atoms with E-state index in [0.717, 1.165) is 33.6 Å². The maximum Gasteiger partial charge on any atom is 0.193 e. The number of aryl methyl sites for hydroxylation is 2. The first-order valence-corrected chi connectivity index (χ1v) is 14.1. The molecule has 0 fully saturated rings. The highest BCUT2D eigenvalue weighted by atomic mass is 16.1. The van der Waals surface area contributed by atoms with Gasteiger partial charge in [-0.25, -0.2) is 0 Å². The largest absolute Gasteiger partial charge is 0.309 e. The number of carbonyl (C=O) groups is 1. The quantitative estimate of drug-likeness (QED) is 0.215. The fraction of sp³-hybridized carbons (Fsp3) is 0.184. The van der Waals surface area contributed by atoms with E-state index in [2.05, 4.69) is 124 Å². The number of carbonyl (C=O) groups excluding carboxylic acids is 1. The van der Waals surface area contributed by atoms with Crippen LogP contribution in [0.5, 0.6) is 0 Å². The molecule has 1 aliphatic heterocycles. The van der Waals surface area contributed by atoms with Crippen LogP contribution < -0.4 is 4.90 Å². The second-order valence-electron chi connectivity index (χ2n) is 12.2. The fourth-order valence-electron chi connectivity index (χ4n) is 7.12. The van der Waals surface area contributed by atoms with Gasteiger partial charge in [0.15, 0.2) is 5.78 Å². The third kappa shape index (κ3) is 3.20. The Bertz CT molecular complexity index is 1720. The summed E-state index contributed by atoms with van der Waals surface area (Å²) >= 11 is 0. The summed E-state index contributed by atoms with van der Waals surface area (Å²) in [5.74, 6) is 0.0960. The van der Waals surface area contributed by atoms with Crippen molar-refractivity contribution < 1.29 is 4.79 Å². The summed E-state index contributed by atoms with van der Waals surface area (Å²) in [5, 5.41) is 0. The SMILES string of the molecule is Cc1cc(C(C)(C)C)cc(C)c1N1c2ccccc2C2(c3ccccc3C(=O)c3ccccc32)c2ccccc21. The standard InChI is InChI=1S/C38H33NO/c1-24-22-26(37(3,4)5)23-25(2)35(24)39-33-20-12-10-18-31(33)38(32-19-11-13-21-34(32)39)29-16-8-6-14-27(29)36(40)28-15-7-9-17-30(28)38/h6-23H,1-5H3. The van der Waals surface area contributed by atoms with Crippen molar-refractivity contribution in [3.05, 3.63) is 159 Å². The van der Waals surface area contributed by atoms with E-state index in [-0.39, 0.29) is 11.2 Å². The zero-order valence-electron chi connectivity index (χ0n) is 23.7. The molecule has 0 amide bonds. The van der Waals surface area contributed by atoms with Crippen LogP contribution in [0.25, 0.3) is 0 Å². The number of fused-ring (bicyclic) bond motifs is 8. The van der Waals surface area contributed by atoms with E-state index < -0.39 is 5.41 Å². The van der Waals surface area contributed by atoms with Crippen LogP contribution in [-0.4, -0.2) is 5.78 Å². The topological polar surface area (TPSA) is 20.3 Å². The number of para-hydroxylation sites is 2. The minimum Gasteiger partial charge on any atom is -0.309 e. The van der Waals surface area contributed by atoms with E-state index in [4.69, 9.17) is 0 Å². The van der Waals surface area contributed by atoms with Gasteiger partial charge in [-0.3, -0.25) is 4.79 Å². The van der Waals surface area contributed by atoms with Crippen LogP contribution >= 0.6 is 0 Å². The first-order chi connectivity index (χ1) is 19.2. The van der Waals surface area contributed by atoms with Crippen LogP contribution in [-0.2, 0) is 10.8 Å². The predicted molar refractivity (Wildman–Crippen MR) is 165 cm³/mol. The van der Waals surface area contributed by atoms with Crippen LogP contribution in [0, 0.1) is 13.8 Å². The molecule has 0 N–H and O–H groups in total. The number of anilines is 3. The third-order valence-electron chi connectivity index (χ3n) is 8.83. The Kier molecular flexibility index (Phi) is 5.25. The molecule has 2 nitrogen and oxygen atoms in total. The lowest BCUT2D eigenvalue weighted by atomic mass is 9.57. The van der Waals surface area contributed by atoms with Crippen LogP contribution in [0.4, 0.5) is 17.1 Å². The summed E-state index contributed by atoms with van der Waals surface area (Å²) in [4.78, 5) is 16.3. The molecule has 0 aromatic heterocycles. The van der Waals surface area contributed by atoms with Crippen molar-refractivity contribution in [1.29, 1.82) is 0 Å². The van der Waals surface area contributed by atoms with Gasteiger partial charge in [-0.2, -0.15) is 0 Å². The Hall–Kier alpha value is -4.43. The normalized spacial score (nSPS) is 14.8. The Morgan fingerprint density at radius 3 is 1.43 bits per heavy atom. The zero-order chi connectivity index (χ0) is 27.8. The molecule has 0 saturated carbocycles. The molecular formula is C38H33NO. The summed E-state index contributed by atoms with van der Waals surface area (Å²) in [5.41, 5.74) is 12.9. The van der Waals surface area contributed by atoms with E-state index in [1.54, 1.807) is 0 Å². The smallest absolute Gasteiger partial charge is 0.193 e. The molecule has 0 bridgehead atoms. The van der Waals surface area contributed by atoms with Crippen molar-refractivity contribution in [3.63, 3.8) is 0 Å². The molecule has 0 radical (unpaired) electrons. The molecule has 1 heterocycles. The van der Waals surface area contributed by atoms with Gasteiger partial charge in [-0.1, -0.05) is 118 Å². The average Bonchev–Trinajstić information content (AvgIpc) is 2.95. The maximum atomic E-state index is 13.8. The molecule has 40 heavy (non-hydrogen) atoms. The Balaban J connectivity index is 1.62. The van der Waals surface area contributed by atoms with E-state index in [9.17, 15) is 4.79 Å². The van der Waals surface area contributed by atoms with Gasteiger partial charge in [0.25, 0.3) is 0 Å². The van der Waals surface area contributed by atoms with Crippen molar-refractivity contribution in [3.8, 4) is 0 Å². The average molecular weight is 520 g/mol. The van der Waals surface area contributed by atoms with Crippen molar-refractivity contribution >= 4 is 22.8 Å². The second kappa shape index (κ2) is 8.53. The molecule has 5 aromatic carbocycles. The highest BCUT2D eigenvalue weighted by Crippen LogP contribution is 2.60. The molecule has 1 spiro atoms. The van der Waals surface area contributed by atoms with Crippen molar-refractivity contribution in [2.75, 3.05) is 4.90 Å². The van der Waals surface area contributed by atoms with Gasteiger partial charge < -0.3 is 4.90 Å². The van der Waals surface area contributed by atoms with E-state index in [1.165, 1.54) is 33.5 Å². The van der Waals surface area contributed by atoms with Gasteiger partial charge >= 0.3 is 0 Å². The maximum absolute atomic E-state index is 13.8. The Morgan fingerprint density at radius 2 is 0.975 bits per heavy atom. The fourth-order valence-corrected chi connectivity index (χ4v) is 7.12. The van der Waals surface area contributed by atoms with Gasteiger partial charge in [0.2, 0.25) is 0 Å². The lowest BCUT2D eigenvalue weighted by Gasteiger charge is -2.49. The predicted octanol–water partition coefficient (Wildman–Crippen LogP) is 9.31. The van der Waals surface area contributed by atoms with Crippen LogP contribution in [0.15, 0.2) is 109 Å². The Labute approximate surface area is 236 Å². The highest BCUT2D eigenvalue weighted by molar-refractivity contribution is 6.14. The van der Waals surface area contributed by atoms with Gasteiger partial charge in [0.1, 0.15) is 0 Å². The molecule has 2 heteroatoms. The molecule has 0 atom stereocenters. The van der Waals surface area contributed by atoms with Gasteiger partial charge in [0.05, 0.1) is 22.5 Å². The highest BCUT2D eigenvalue weighted by Gasteiger charge is 2.51. The molecule has 1 aliphatic carbocycles. The van der Waals surface area contributed by atoms with Crippen LogP contribution in [0.2, 0.25) is 0 Å². The second-order valence-corrected chi connectivity index (χ2v) is 12.2. The first kappa shape index (κ1) is 24.6. The van der Waals surface area contributed by atoms with E-state index in [1.807, 2.05) is 24.3 Å². The van der Waals surface area contributed by atoms with Crippen LogP contribution in [0.3, 0.4) is 0 Å². The lowest BCUT2D eigenvalue weighted by Crippen LogP contribution is -2.42. The lowest BCUT2D eigenvalue weighted by molar-refractivity contribution is 0.103. The zero-order valence-corrected chi connectivity index (χ0v) is 23.7. The van der Waals surface area contributed by atoms with Gasteiger partial charge in [0, 0.05) is 11.1 Å². The first-order valence-electron chi connectivity index (χ1n) is 14.1. The molecule has 5 aromatic rings. The van der Waals surface area contributed by atoms with Gasteiger partial charge in [-0.15, -0.1) is 0 Å². The number of nitrogens with zero attached hydrogens (tertiary/aromatic N) is 1. The summed E-state index contributed by atoms with van der Waals surface area (Å²) in [6.45, 7) is 11.3. The minimum absolute atomic E-state index is 0.0673. The monoisotopic (exact) mass is 519 g/mol. The molecular weight excluding hydrogens is 486 g/mol. The van der Waals surface area contributed by atoms with Crippen molar-refractivity contribution in [2.45, 2.75) is 45.4 Å². The molecule has 196 valence electrons. The number of hydrogen-bond acceptors (Lipinski definition) is 2. The summed E-state index contributed by atoms with van der Waals surface area (Å²) in [6.07, 6.45) is 0. The van der Waals surface area contributed by atoms with Crippen molar-refractivity contribution in [2.24, 2.45) is 0 Å². The molecule has 2 aliphatic rings. The number of benzene rings is 5. The van der Waals surface area contributed by atoms with E-state index in [0.29, 0.717) is 0 Å². The molecule has 7 rings (SSSR count). The summed E-state index contributed by atoms with van der Waals surface area (Å²) < 4.78 is 0. The summed E-state index contributed by atoms with van der Waals surface area (Å²) in [7, 11) is 0. The minimum atomic E-state index is -0.613. The molecule has 0 unspecified atom stereocenters. The molecule has 0 saturated heterocycles. The third-order valence-corrected chi connectivity index (χ3v) is 8.83. The van der Waals surface area contributed by atoms with Crippen LogP contribution in [0.1, 0.15) is 75.6 Å². The number of hydrogen-bond donors (Lipinski definition) is 0. The number of rotatable bonds is 1. The Morgan fingerprint density at radius 1 is 0.575 bits per heavy atom. The van der Waals surface area contributed by atoms with E-state index >= 15 is 0 Å². The van der Waals surface area contributed by atoms with Crippen molar-refractivity contribution in [1.82, 2.24) is 0 Å². The summed E-state index contributed by atoms with van der Waals surface area (Å²) in [6, 6.07) is 38.6. The van der Waals surface area contributed by atoms with Gasteiger partial charge in [-0.05, 0) is 70.3 Å².